The first kappa shape index (κ1) is 26.7. The van der Waals surface area contributed by atoms with Crippen molar-refractivity contribution in [2.45, 2.75) is 57.4 Å². The summed E-state index contributed by atoms with van der Waals surface area (Å²) in [5.74, 6) is -0.169. The third-order valence-corrected chi connectivity index (χ3v) is 10.1. The normalized spacial score (nSPS) is 17.1. The third kappa shape index (κ3) is 5.49. The molecule has 0 spiro atoms. The number of benzene rings is 2. The van der Waals surface area contributed by atoms with Gasteiger partial charge < -0.3 is 4.90 Å². The number of thiazole rings is 1. The number of carbonyl (C=O) groups is 1. The summed E-state index contributed by atoms with van der Waals surface area (Å²) < 4.78 is 29.1. The summed E-state index contributed by atoms with van der Waals surface area (Å²) in [7, 11) is 0.441. The van der Waals surface area contributed by atoms with Crippen LogP contribution in [-0.2, 0) is 10.0 Å². The van der Waals surface area contributed by atoms with E-state index in [-0.39, 0.29) is 16.8 Å². The number of sulfonamides is 1. The second kappa shape index (κ2) is 11.0. The van der Waals surface area contributed by atoms with Gasteiger partial charge in [-0.3, -0.25) is 9.69 Å². The highest BCUT2D eigenvalue weighted by Crippen LogP contribution is 2.33. The van der Waals surface area contributed by atoms with Gasteiger partial charge in [0.15, 0.2) is 5.13 Å². The van der Waals surface area contributed by atoms with Gasteiger partial charge in [-0.1, -0.05) is 23.8 Å². The number of amides is 1. The van der Waals surface area contributed by atoms with Crippen LogP contribution in [0.5, 0.6) is 0 Å². The number of hydrogen-bond donors (Lipinski definition) is 0. The van der Waals surface area contributed by atoms with Crippen molar-refractivity contribution in [2.24, 2.45) is 0 Å². The van der Waals surface area contributed by atoms with Gasteiger partial charge in [0.05, 0.1) is 15.1 Å². The van der Waals surface area contributed by atoms with E-state index in [0.717, 1.165) is 48.0 Å². The summed E-state index contributed by atoms with van der Waals surface area (Å²) in [5.41, 5.74) is 3.68. The topological polar surface area (TPSA) is 73.8 Å². The molecule has 7 nitrogen and oxygen atoms in total. The highest BCUT2D eigenvalue weighted by atomic mass is 32.2. The molecule has 2 heterocycles. The first-order chi connectivity index (χ1) is 17.1. The zero-order chi connectivity index (χ0) is 26.0. The molecular weight excluding hydrogens is 492 g/mol. The molecule has 1 aliphatic heterocycles. The van der Waals surface area contributed by atoms with Crippen LogP contribution < -0.4 is 4.90 Å². The molecule has 1 saturated heterocycles. The number of piperidine rings is 1. The lowest BCUT2D eigenvalue weighted by molar-refractivity contribution is 0.0986. The zero-order valence-electron chi connectivity index (χ0n) is 21.8. The molecule has 0 aliphatic carbocycles. The molecule has 1 fully saturated rings. The summed E-state index contributed by atoms with van der Waals surface area (Å²) in [6.45, 7) is 8.00. The molecule has 194 valence electrons. The monoisotopic (exact) mass is 528 g/mol. The second-order valence-electron chi connectivity index (χ2n) is 9.95. The summed E-state index contributed by atoms with van der Waals surface area (Å²) in [5, 5.41) is 0.668. The summed E-state index contributed by atoms with van der Waals surface area (Å²) in [6.07, 6.45) is 3.60. The van der Waals surface area contributed by atoms with Crippen LogP contribution in [0.25, 0.3) is 10.2 Å². The summed E-state index contributed by atoms with van der Waals surface area (Å²) in [4.78, 5) is 22.6. The lowest BCUT2D eigenvalue weighted by Gasteiger charge is -2.32. The Balaban J connectivity index is 1.63. The summed E-state index contributed by atoms with van der Waals surface area (Å²) >= 11 is 1.51. The predicted octanol–water partition coefficient (Wildman–Crippen LogP) is 5.07. The van der Waals surface area contributed by atoms with Gasteiger partial charge in [0.25, 0.3) is 5.91 Å². The van der Waals surface area contributed by atoms with Gasteiger partial charge >= 0.3 is 0 Å². The molecule has 36 heavy (non-hydrogen) atoms. The van der Waals surface area contributed by atoms with Crippen molar-refractivity contribution in [2.75, 3.05) is 38.6 Å². The third-order valence-electron chi connectivity index (χ3n) is 6.99. The maximum absolute atomic E-state index is 13.7. The molecule has 0 N–H and O–H groups in total. The van der Waals surface area contributed by atoms with Crippen molar-refractivity contribution in [1.82, 2.24) is 14.2 Å². The van der Waals surface area contributed by atoms with E-state index in [4.69, 9.17) is 4.98 Å². The fourth-order valence-corrected chi connectivity index (χ4v) is 7.40. The first-order valence-electron chi connectivity index (χ1n) is 12.5. The van der Waals surface area contributed by atoms with Gasteiger partial charge in [-0.2, -0.15) is 4.31 Å². The maximum Gasteiger partial charge on any atom is 0.260 e. The lowest BCUT2D eigenvalue weighted by atomic mass is 10.1. The molecule has 0 radical (unpaired) electrons. The fourth-order valence-electron chi connectivity index (χ4n) is 4.65. The number of aryl methyl sites for hydroxylation is 2. The molecule has 9 heteroatoms. The van der Waals surface area contributed by atoms with Crippen LogP contribution in [0.3, 0.4) is 0 Å². The number of fused-ring (bicyclic) bond motifs is 1. The van der Waals surface area contributed by atoms with Crippen LogP contribution >= 0.6 is 11.3 Å². The molecular formula is C27H36N4O3S2. The number of rotatable bonds is 8. The maximum atomic E-state index is 13.7. The Kier molecular flexibility index (Phi) is 8.14. The standard InChI is InChI=1S/C27H36N4O3S2/c1-19-10-15-24-25(21(19)3)28-27(35-24)30(17-8-16-29(4)5)26(32)22-11-13-23(14-12-22)36(33,34)31-18-7-6-9-20(31)2/h10-15,20H,6-9,16-18H2,1-5H3. The van der Waals surface area contributed by atoms with Crippen LogP contribution in [-0.4, -0.2) is 68.3 Å². The molecule has 0 bridgehead atoms. The van der Waals surface area contributed by atoms with Gasteiger partial charge in [0, 0.05) is 24.7 Å². The van der Waals surface area contributed by atoms with Crippen molar-refractivity contribution in [3.8, 4) is 0 Å². The van der Waals surface area contributed by atoms with E-state index >= 15 is 0 Å². The Labute approximate surface area is 218 Å². The van der Waals surface area contributed by atoms with Gasteiger partial charge in [0.1, 0.15) is 0 Å². The van der Waals surface area contributed by atoms with E-state index in [1.54, 1.807) is 33.5 Å². The number of nitrogens with zero attached hydrogens (tertiary/aromatic N) is 4. The van der Waals surface area contributed by atoms with Crippen LogP contribution in [0.15, 0.2) is 41.3 Å². The van der Waals surface area contributed by atoms with Crippen LogP contribution in [0.1, 0.15) is 54.1 Å². The summed E-state index contributed by atoms with van der Waals surface area (Å²) in [6, 6.07) is 10.5. The quantitative estimate of drug-likeness (QED) is 0.408. The number of aromatic nitrogens is 1. The molecule has 1 unspecified atom stereocenters. The number of carbonyl (C=O) groups excluding carboxylic acids is 1. The second-order valence-corrected chi connectivity index (χ2v) is 12.8. The zero-order valence-corrected chi connectivity index (χ0v) is 23.5. The highest BCUT2D eigenvalue weighted by molar-refractivity contribution is 7.89. The molecule has 4 rings (SSSR count). The van der Waals surface area contributed by atoms with E-state index in [2.05, 4.69) is 30.9 Å². The van der Waals surface area contributed by atoms with Crippen LogP contribution in [0.2, 0.25) is 0 Å². The van der Waals surface area contributed by atoms with E-state index in [9.17, 15) is 13.2 Å². The van der Waals surface area contributed by atoms with Gasteiger partial charge in [-0.05, 0) is 102 Å². The molecule has 3 aromatic rings. The smallest absolute Gasteiger partial charge is 0.260 e. The molecule has 1 atom stereocenters. The van der Waals surface area contributed by atoms with Crippen LogP contribution in [0.4, 0.5) is 5.13 Å². The Morgan fingerprint density at radius 3 is 2.47 bits per heavy atom. The molecule has 0 saturated carbocycles. The predicted molar refractivity (Wildman–Crippen MR) is 148 cm³/mol. The molecule has 2 aromatic carbocycles. The largest absolute Gasteiger partial charge is 0.309 e. The van der Waals surface area contributed by atoms with Crippen molar-refractivity contribution >= 4 is 42.6 Å². The minimum absolute atomic E-state index is 0.0108. The minimum atomic E-state index is -3.58. The molecule has 1 amide bonds. The van der Waals surface area contributed by atoms with Gasteiger partial charge in [-0.25, -0.2) is 13.4 Å². The average molecular weight is 529 g/mol. The van der Waals surface area contributed by atoms with E-state index in [1.807, 2.05) is 21.0 Å². The number of anilines is 1. The minimum Gasteiger partial charge on any atom is -0.309 e. The van der Waals surface area contributed by atoms with Gasteiger partial charge in [-0.15, -0.1) is 0 Å². The van der Waals surface area contributed by atoms with Crippen molar-refractivity contribution in [1.29, 1.82) is 0 Å². The number of hydrogen-bond acceptors (Lipinski definition) is 6. The molecule has 1 aliphatic rings. The van der Waals surface area contributed by atoms with E-state index in [1.165, 1.54) is 16.9 Å². The van der Waals surface area contributed by atoms with Crippen molar-refractivity contribution in [3.63, 3.8) is 0 Å². The first-order valence-corrected chi connectivity index (χ1v) is 14.8. The fraction of sp³-hybridized carbons (Fsp3) is 0.481. The van der Waals surface area contributed by atoms with E-state index in [0.29, 0.717) is 23.8 Å². The molecule has 1 aromatic heterocycles. The lowest BCUT2D eigenvalue weighted by Crippen LogP contribution is -2.41. The highest BCUT2D eigenvalue weighted by Gasteiger charge is 2.31. The Hall–Kier alpha value is -2.33. The van der Waals surface area contributed by atoms with E-state index < -0.39 is 10.0 Å². The van der Waals surface area contributed by atoms with Gasteiger partial charge in [0.2, 0.25) is 10.0 Å². The SMILES string of the molecule is Cc1ccc2sc(N(CCCN(C)C)C(=O)c3ccc(S(=O)(=O)N4CCCCC4C)cc3)nc2c1C. The Morgan fingerprint density at radius 2 is 1.81 bits per heavy atom. The Morgan fingerprint density at radius 1 is 1.08 bits per heavy atom. The van der Waals surface area contributed by atoms with Crippen molar-refractivity contribution < 1.29 is 13.2 Å². The average Bonchev–Trinajstić information content (AvgIpc) is 3.28. The van der Waals surface area contributed by atoms with Crippen LogP contribution in [0, 0.1) is 13.8 Å². The Bertz CT molecular complexity index is 1330. The van der Waals surface area contributed by atoms with Crippen molar-refractivity contribution in [3.05, 3.63) is 53.1 Å².